The van der Waals surface area contributed by atoms with Crippen molar-refractivity contribution in [2.24, 2.45) is 0 Å². The second kappa shape index (κ2) is 3.30. The number of rotatable bonds is 2. The predicted molar refractivity (Wildman–Crippen MR) is 24.9 cm³/mol. The Morgan fingerprint density at radius 2 is 1.33 bits per heavy atom. The molecular weight excluding hydrogens is 192 g/mol. The summed E-state index contributed by atoms with van der Waals surface area (Å²) in [4.78, 5) is 7.65. The summed E-state index contributed by atoms with van der Waals surface area (Å²) in [6, 6.07) is 0. The monoisotopic (exact) mass is 195 g/mol. The summed E-state index contributed by atoms with van der Waals surface area (Å²) in [6.45, 7) is -1.74. The van der Waals surface area contributed by atoms with Crippen molar-refractivity contribution in [3.63, 3.8) is 0 Å². The van der Waals surface area contributed by atoms with Gasteiger partial charge in [0.2, 0.25) is 0 Å². The first kappa shape index (κ1) is 11.2. The standard InChI is InChI=1S/C4H3F6NO/c5-3(6,7)11(1-2-12)4(8,9)10/h2H,1H2. The molecule has 0 saturated heterocycles. The molecule has 0 aliphatic carbocycles. The van der Waals surface area contributed by atoms with E-state index in [1.807, 2.05) is 0 Å². The van der Waals surface area contributed by atoms with Crippen LogP contribution in [-0.2, 0) is 4.79 Å². The minimum Gasteiger partial charge on any atom is -0.302 e. The molecule has 0 amide bonds. The lowest BCUT2D eigenvalue weighted by Gasteiger charge is -2.24. The fourth-order valence-corrected chi connectivity index (χ4v) is 0.425. The molecule has 0 N–H and O–H groups in total. The van der Waals surface area contributed by atoms with E-state index in [2.05, 4.69) is 0 Å². The van der Waals surface area contributed by atoms with Crippen molar-refractivity contribution in [2.75, 3.05) is 6.54 Å². The molecule has 0 atom stereocenters. The minimum atomic E-state index is -5.57. The smallest absolute Gasteiger partial charge is 0.302 e. The molecule has 0 aromatic heterocycles. The summed E-state index contributed by atoms with van der Waals surface area (Å²) in [5, 5.41) is 0. The van der Waals surface area contributed by atoms with E-state index in [1.165, 1.54) is 0 Å². The molecule has 0 bridgehead atoms. The number of hydrogen-bond acceptors (Lipinski definition) is 2. The first-order valence-electron chi connectivity index (χ1n) is 2.54. The van der Waals surface area contributed by atoms with Gasteiger partial charge in [-0.25, -0.2) is 0 Å². The van der Waals surface area contributed by atoms with Crippen LogP contribution in [0.1, 0.15) is 0 Å². The predicted octanol–water partition coefficient (Wildman–Crippen LogP) is 1.53. The van der Waals surface area contributed by atoms with Crippen LogP contribution in [-0.4, -0.2) is 30.3 Å². The lowest BCUT2D eigenvalue weighted by Crippen LogP contribution is -2.48. The fourth-order valence-electron chi connectivity index (χ4n) is 0.425. The Hall–Kier alpha value is -0.790. The van der Waals surface area contributed by atoms with Gasteiger partial charge in [-0.2, -0.15) is 26.3 Å². The molecule has 0 rings (SSSR count). The van der Waals surface area contributed by atoms with Gasteiger partial charge in [-0.3, -0.25) is 0 Å². The Balaban J connectivity index is 4.56. The Kier molecular flexibility index (Phi) is 3.08. The average Bonchev–Trinajstić information content (AvgIpc) is 1.77. The number of alkyl halides is 6. The van der Waals surface area contributed by atoms with Gasteiger partial charge in [0.05, 0.1) is 6.54 Å². The molecule has 0 aromatic rings. The molecule has 2 nitrogen and oxygen atoms in total. The maximum Gasteiger partial charge on any atom is 0.467 e. The zero-order valence-corrected chi connectivity index (χ0v) is 5.41. The quantitative estimate of drug-likeness (QED) is 0.378. The molecule has 8 heteroatoms. The highest BCUT2D eigenvalue weighted by molar-refractivity contribution is 5.52. The zero-order valence-electron chi connectivity index (χ0n) is 5.41. The van der Waals surface area contributed by atoms with E-state index in [-0.39, 0.29) is 0 Å². The molecule has 0 aliphatic rings. The van der Waals surface area contributed by atoms with Gasteiger partial charge in [-0.05, 0) is 0 Å². The van der Waals surface area contributed by atoms with Crippen molar-refractivity contribution >= 4 is 6.29 Å². The summed E-state index contributed by atoms with van der Waals surface area (Å²) in [5.41, 5.74) is 0. The van der Waals surface area contributed by atoms with E-state index in [4.69, 9.17) is 0 Å². The zero-order chi connectivity index (χ0) is 9.99. The van der Waals surface area contributed by atoms with Crippen LogP contribution in [0.5, 0.6) is 0 Å². The third-order valence-corrected chi connectivity index (χ3v) is 0.869. The molecule has 0 fully saturated rings. The van der Waals surface area contributed by atoms with Gasteiger partial charge < -0.3 is 4.79 Å². The fraction of sp³-hybridized carbons (Fsp3) is 0.750. The van der Waals surface area contributed by atoms with Gasteiger partial charge in [-0.15, -0.1) is 4.90 Å². The van der Waals surface area contributed by atoms with Crippen LogP contribution in [0.4, 0.5) is 26.3 Å². The topological polar surface area (TPSA) is 20.3 Å². The van der Waals surface area contributed by atoms with E-state index in [1.54, 1.807) is 0 Å². The normalized spacial score (nSPS) is 13.6. The first-order chi connectivity index (χ1) is 5.19. The molecule has 72 valence electrons. The number of halogens is 6. The van der Waals surface area contributed by atoms with Crippen LogP contribution < -0.4 is 0 Å². The Morgan fingerprint density at radius 1 is 1.00 bits per heavy atom. The van der Waals surface area contributed by atoms with Crippen molar-refractivity contribution < 1.29 is 31.1 Å². The highest BCUT2D eigenvalue weighted by Crippen LogP contribution is 2.32. The number of carbonyl (C=O) groups excluding carboxylic acids is 1. The van der Waals surface area contributed by atoms with Crippen LogP contribution in [0.15, 0.2) is 0 Å². The van der Waals surface area contributed by atoms with Gasteiger partial charge in [0, 0.05) is 0 Å². The number of aldehydes is 1. The largest absolute Gasteiger partial charge is 0.467 e. The second-order valence-corrected chi connectivity index (χ2v) is 1.71. The maximum absolute atomic E-state index is 11.5. The van der Waals surface area contributed by atoms with Crippen molar-refractivity contribution in [3.8, 4) is 0 Å². The molecule has 12 heavy (non-hydrogen) atoms. The SMILES string of the molecule is O=CCN(C(F)(F)F)C(F)(F)F. The van der Waals surface area contributed by atoms with Crippen molar-refractivity contribution in [3.05, 3.63) is 0 Å². The summed E-state index contributed by atoms with van der Waals surface area (Å²) in [5.74, 6) is 0. The van der Waals surface area contributed by atoms with Crippen LogP contribution in [0, 0.1) is 0 Å². The van der Waals surface area contributed by atoms with E-state index < -0.39 is 30.3 Å². The summed E-state index contributed by atoms with van der Waals surface area (Å²) >= 11 is 0. The van der Waals surface area contributed by atoms with E-state index in [0.717, 1.165) is 0 Å². The molecule has 0 radical (unpaired) electrons. The van der Waals surface area contributed by atoms with Crippen molar-refractivity contribution in [2.45, 2.75) is 12.6 Å². The minimum absolute atomic E-state index is 0.471. The molecule has 0 aromatic carbocycles. The van der Waals surface area contributed by atoms with Crippen LogP contribution >= 0.6 is 0 Å². The second-order valence-electron chi connectivity index (χ2n) is 1.71. The van der Waals surface area contributed by atoms with Gasteiger partial charge >= 0.3 is 12.6 Å². The maximum atomic E-state index is 11.5. The number of nitrogens with zero attached hydrogens (tertiary/aromatic N) is 1. The first-order valence-corrected chi connectivity index (χ1v) is 2.54. The molecule has 0 heterocycles. The Morgan fingerprint density at radius 3 is 1.42 bits per heavy atom. The average molecular weight is 195 g/mol. The lowest BCUT2D eigenvalue weighted by atomic mass is 10.6. The molecule has 0 aliphatic heterocycles. The van der Waals surface area contributed by atoms with Gasteiger partial charge in [0.25, 0.3) is 0 Å². The van der Waals surface area contributed by atoms with Crippen molar-refractivity contribution in [1.29, 1.82) is 0 Å². The Bertz CT molecular complexity index is 146. The summed E-state index contributed by atoms with van der Waals surface area (Å²) in [6.07, 6.45) is -11.6. The van der Waals surface area contributed by atoms with Crippen LogP contribution in [0.25, 0.3) is 0 Å². The van der Waals surface area contributed by atoms with Gasteiger partial charge in [0.1, 0.15) is 6.29 Å². The highest BCUT2D eigenvalue weighted by Gasteiger charge is 2.53. The molecule has 0 saturated carbocycles. The van der Waals surface area contributed by atoms with Crippen molar-refractivity contribution in [1.82, 2.24) is 4.90 Å². The van der Waals surface area contributed by atoms with E-state index >= 15 is 0 Å². The molecule has 0 unspecified atom stereocenters. The van der Waals surface area contributed by atoms with Crippen LogP contribution in [0.2, 0.25) is 0 Å². The summed E-state index contributed by atoms with van der Waals surface area (Å²) in [7, 11) is 0. The third kappa shape index (κ3) is 3.07. The lowest BCUT2D eigenvalue weighted by molar-refractivity contribution is -0.369. The third-order valence-electron chi connectivity index (χ3n) is 0.869. The number of hydrogen-bond donors (Lipinski definition) is 0. The van der Waals surface area contributed by atoms with Gasteiger partial charge in [0.15, 0.2) is 0 Å². The molecular formula is C4H3F6NO. The highest BCUT2D eigenvalue weighted by atomic mass is 19.4. The van der Waals surface area contributed by atoms with Gasteiger partial charge in [-0.1, -0.05) is 0 Å². The number of carbonyl (C=O) groups is 1. The van der Waals surface area contributed by atoms with E-state index in [9.17, 15) is 31.1 Å². The van der Waals surface area contributed by atoms with E-state index in [0.29, 0.717) is 0 Å². The summed E-state index contributed by atoms with van der Waals surface area (Å²) < 4.78 is 68.7. The van der Waals surface area contributed by atoms with Crippen LogP contribution in [0.3, 0.4) is 0 Å². The molecule has 0 spiro atoms. The Labute approximate surface area is 62.7 Å².